The van der Waals surface area contributed by atoms with Crippen LogP contribution in [0.4, 0.5) is 9.59 Å². The second-order valence-corrected chi connectivity index (χ2v) is 10.9. The fourth-order valence-electron chi connectivity index (χ4n) is 5.16. The van der Waals surface area contributed by atoms with E-state index >= 15 is 0 Å². The Morgan fingerprint density at radius 1 is 0.795 bits per heavy atom. The second kappa shape index (κ2) is 21.6. The first kappa shape index (κ1) is 33.1. The van der Waals surface area contributed by atoms with Gasteiger partial charge in [-0.3, -0.25) is 4.98 Å². The van der Waals surface area contributed by atoms with Gasteiger partial charge in [-0.15, -0.1) is 0 Å². The van der Waals surface area contributed by atoms with E-state index in [1.807, 2.05) is 6.07 Å². The molecule has 0 aromatic carbocycles. The first-order chi connectivity index (χ1) is 19.1. The van der Waals surface area contributed by atoms with Gasteiger partial charge in [0.15, 0.2) is 0 Å². The molecule has 1 aliphatic heterocycles. The van der Waals surface area contributed by atoms with Crippen LogP contribution in [0, 0.1) is 0 Å². The Balaban J connectivity index is 1.48. The average Bonchev–Trinajstić information content (AvgIpc) is 3.41. The zero-order valence-electron chi connectivity index (χ0n) is 24.7. The fourth-order valence-corrected chi connectivity index (χ4v) is 5.16. The summed E-state index contributed by atoms with van der Waals surface area (Å²) >= 11 is 0. The molecule has 1 aliphatic rings. The van der Waals surface area contributed by atoms with Gasteiger partial charge in [0.1, 0.15) is 6.61 Å². The molecule has 2 heterocycles. The second-order valence-electron chi connectivity index (χ2n) is 10.9. The molecule has 1 aromatic rings. The molecule has 39 heavy (non-hydrogen) atoms. The third-order valence-electron chi connectivity index (χ3n) is 7.47. The van der Waals surface area contributed by atoms with Crippen molar-refractivity contribution in [3.05, 3.63) is 30.1 Å². The molecule has 0 aliphatic carbocycles. The highest BCUT2D eigenvalue weighted by atomic mass is 16.6. The van der Waals surface area contributed by atoms with Crippen molar-refractivity contribution in [2.24, 2.45) is 0 Å². The van der Waals surface area contributed by atoms with Crippen molar-refractivity contribution in [3.63, 3.8) is 0 Å². The zero-order chi connectivity index (χ0) is 28.0. The lowest BCUT2D eigenvalue weighted by Gasteiger charge is -2.20. The van der Waals surface area contributed by atoms with Crippen molar-refractivity contribution in [2.45, 2.75) is 148 Å². The lowest BCUT2D eigenvalue weighted by Crippen LogP contribution is -2.38. The summed E-state index contributed by atoms with van der Waals surface area (Å²) in [5.41, 5.74) is 0.586. The van der Waals surface area contributed by atoms with E-state index < -0.39 is 12.2 Å². The molecule has 1 aromatic heterocycles. The molecular formula is C32H54N2O5. The zero-order valence-corrected chi connectivity index (χ0v) is 24.7. The van der Waals surface area contributed by atoms with Crippen LogP contribution >= 0.6 is 0 Å². The van der Waals surface area contributed by atoms with Gasteiger partial charge in [-0.05, 0) is 38.3 Å². The van der Waals surface area contributed by atoms with E-state index in [9.17, 15) is 9.59 Å². The number of rotatable bonds is 21. The summed E-state index contributed by atoms with van der Waals surface area (Å²) in [6.07, 6.45) is 23.8. The van der Waals surface area contributed by atoms with Crippen LogP contribution in [-0.4, -0.2) is 47.5 Å². The maximum absolute atomic E-state index is 12.7. The highest BCUT2D eigenvalue weighted by Crippen LogP contribution is 2.25. The smallest absolute Gasteiger partial charge is 0.419 e. The maximum Gasteiger partial charge on any atom is 0.419 e. The molecule has 0 spiro atoms. The number of hydrogen-bond donors (Lipinski definition) is 0. The summed E-state index contributed by atoms with van der Waals surface area (Å²) in [5.74, 6) is 0. The summed E-state index contributed by atoms with van der Waals surface area (Å²) in [6.45, 7) is 4.31. The minimum absolute atomic E-state index is 0.00580. The monoisotopic (exact) mass is 546 g/mol. The van der Waals surface area contributed by atoms with Gasteiger partial charge in [-0.25, -0.2) is 14.5 Å². The lowest BCUT2D eigenvalue weighted by atomic mass is 10.0. The van der Waals surface area contributed by atoms with Gasteiger partial charge in [0, 0.05) is 6.20 Å². The molecule has 0 bridgehead atoms. The molecule has 2 amide bonds. The summed E-state index contributed by atoms with van der Waals surface area (Å²) in [6, 6.07) is 5.34. The first-order valence-electron chi connectivity index (χ1n) is 15.8. The van der Waals surface area contributed by atoms with Gasteiger partial charge in [0.2, 0.25) is 0 Å². The number of amides is 2. The van der Waals surface area contributed by atoms with Crippen LogP contribution < -0.4 is 0 Å². The van der Waals surface area contributed by atoms with Crippen LogP contribution in [0.3, 0.4) is 0 Å². The van der Waals surface area contributed by atoms with Gasteiger partial charge in [0.25, 0.3) is 0 Å². The molecule has 222 valence electrons. The van der Waals surface area contributed by atoms with Crippen molar-refractivity contribution in [2.75, 3.05) is 13.2 Å². The van der Waals surface area contributed by atoms with Crippen molar-refractivity contribution in [1.82, 2.24) is 9.88 Å². The van der Waals surface area contributed by atoms with E-state index in [1.54, 1.807) is 25.3 Å². The molecule has 0 saturated carbocycles. The molecule has 0 N–H and O–H groups in total. The Labute approximate surface area is 237 Å². The van der Waals surface area contributed by atoms with Crippen LogP contribution in [0.5, 0.6) is 0 Å². The lowest BCUT2D eigenvalue weighted by molar-refractivity contribution is -0.00640. The van der Waals surface area contributed by atoms with Gasteiger partial charge < -0.3 is 14.2 Å². The Bertz CT molecular complexity index is 760. The normalized spacial score (nSPS) is 16.8. The number of carbonyl (C=O) groups excluding carboxylic acids is 2. The number of pyridine rings is 1. The molecule has 7 nitrogen and oxygen atoms in total. The van der Waals surface area contributed by atoms with Gasteiger partial charge >= 0.3 is 12.2 Å². The molecular weight excluding hydrogens is 492 g/mol. The van der Waals surface area contributed by atoms with Crippen molar-refractivity contribution in [1.29, 1.82) is 0 Å². The minimum Gasteiger partial charge on any atom is -0.449 e. The third-order valence-corrected chi connectivity index (χ3v) is 7.47. The molecule has 1 saturated heterocycles. The molecule has 0 radical (unpaired) electrons. The summed E-state index contributed by atoms with van der Waals surface area (Å²) in [5, 5.41) is 0. The van der Waals surface area contributed by atoms with Gasteiger partial charge in [0.05, 0.1) is 31.1 Å². The molecule has 7 heteroatoms. The molecule has 2 unspecified atom stereocenters. The van der Waals surface area contributed by atoms with E-state index in [0.717, 1.165) is 24.2 Å². The minimum atomic E-state index is -0.730. The summed E-state index contributed by atoms with van der Waals surface area (Å²) in [4.78, 5) is 30.1. The number of ether oxygens (including phenoxy) is 3. The fraction of sp³-hybridized carbons (Fsp3) is 0.781. The number of imide groups is 1. The standard InChI is InChI=1S/C32H54N2O5/c1-3-5-6-7-8-9-10-11-12-13-14-15-16-17-18-22-29-23-24-30(39-29)27-38-32(36)34(31(35)37-4-2)26-28-21-19-20-25-33-28/h19-21,25,29-30H,3-18,22-24,26-27H2,1-2H3. The van der Waals surface area contributed by atoms with Crippen molar-refractivity contribution < 1.29 is 23.8 Å². The molecule has 2 atom stereocenters. The molecule has 1 fully saturated rings. The van der Waals surface area contributed by atoms with E-state index in [4.69, 9.17) is 14.2 Å². The number of aromatic nitrogens is 1. The van der Waals surface area contributed by atoms with Crippen molar-refractivity contribution >= 4 is 12.2 Å². The third kappa shape index (κ3) is 15.3. The Hall–Kier alpha value is -2.15. The van der Waals surface area contributed by atoms with Crippen LogP contribution in [-0.2, 0) is 20.8 Å². The Kier molecular flexibility index (Phi) is 18.3. The largest absolute Gasteiger partial charge is 0.449 e. The number of carbonyl (C=O) groups is 2. The quantitative estimate of drug-likeness (QED) is 0.143. The highest BCUT2D eigenvalue weighted by molar-refractivity contribution is 5.87. The van der Waals surface area contributed by atoms with E-state index in [-0.39, 0.29) is 32.0 Å². The highest BCUT2D eigenvalue weighted by Gasteiger charge is 2.29. The number of unbranched alkanes of at least 4 members (excludes halogenated alkanes) is 14. The van der Waals surface area contributed by atoms with E-state index in [2.05, 4.69) is 11.9 Å². The molecule has 2 rings (SSSR count). The summed E-state index contributed by atoms with van der Waals surface area (Å²) < 4.78 is 16.6. The van der Waals surface area contributed by atoms with Crippen LogP contribution in [0.25, 0.3) is 0 Å². The SMILES string of the molecule is CCCCCCCCCCCCCCCCCC1CCC(COC(=O)N(Cc2ccccn2)C(=O)OCC)O1. The maximum atomic E-state index is 12.7. The predicted octanol–water partition coefficient (Wildman–Crippen LogP) is 8.99. The van der Waals surface area contributed by atoms with Crippen LogP contribution in [0.2, 0.25) is 0 Å². The van der Waals surface area contributed by atoms with E-state index in [0.29, 0.717) is 5.69 Å². The number of nitrogens with zero attached hydrogens (tertiary/aromatic N) is 2. The van der Waals surface area contributed by atoms with Crippen LogP contribution in [0.15, 0.2) is 24.4 Å². The predicted molar refractivity (Wildman–Crippen MR) is 156 cm³/mol. The van der Waals surface area contributed by atoms with Crippen molar-refractivity contribution in [3.8, 4) is 0 Å². The Morgan fingerprint density at radius 2 is 1.36 bits per heavy atom. The first-order valence-corrected chi connectivity index (χ1v) is 15.8. The van der Waals surface area contributed by atoms with Gasteiger partial charge in [-0.2, -0.15) is 0 Å². The van der Waals surface area contributed by atoms with E-state index in [1.165, 1.54) is 96.3 Å². The van der Waals surface area contributed by atoms with Crippen LogP contribution in [0.1, 0.15) is 135 Å². The van der Waals surface area contributed by atoms with Gasteiger partial charge in [-0.1, -0.05) is 109 Å². The summed E-state index contributed by atoms with van der Waals surface area (Å²) in [7, 11) is 0. The topological polar surface area (TPSA) is 78.0 Å². The Morgan fingerprint density at radius 3 is 1.92 bits per heavy atom. The number of hydrogen-bond acceptors (Lipinski definition) is 6. The average molecular weight is 547 g/mol.